The van der Waals surface area contributed by atoms with Gasteiger partial charge >= 0.3 is 6.03 Å². The second kappa shape index (κ2) is 7.77. The standard InChI is InChI=1S/C18H23N3O2S/c1-13-12-24-17(19-13)14(2)20-18(22)21-8-9-23-16(11-21)10-15-6-4-3-5-7-15/h3-7,12,14,16H,8-11H2,1-2H3,(H,20,22)/t14-,16-/m0/s1. The van der Waals surface area contributed by atoms with E-state index < -0.39 is 0 Å². The van der Waals surface area contributed by atoms with Crippen LogP contribution in [-0.2, 0) is 11.2 Å². The van der Waals surface area contributed by atoms with Gasteiger partial charge in [0.15, 0.2) is 0 Å². The van der Waals surface area contributed by atoms with Crippen molar-refractivity contribution in [1.29, 1.82) is 0 Å². The molecule has 2 amide bonds. The number of urea groups is 1. The van der Waals surface area contributed by atoms with Gasteiger partial charge in [0, 0.05) is 30.6 Å². The van der Waals surface area contributed by atoms with Crippen molar-refractivity contribution in [2.75, 3.05) is 19.7 Å². The summed E-state index contributed by atoms with van der Waals surface area (Å²) in [6.45, 7) is 5.75. The van der Waals surface area contributed by atoms with Crippen LogP contribution in [0.5, 0.6) is 0 Å². The molecule has 1 fully saturated rings. The fraction of sp³-hybridized carbons (Fsp3) is 0.444. The van der Waals surface area contributed by atoms with Gasteiger partial charge in [0.25, 0.3) is 0 Å². The van der Waals surface area contributed by atoms with E-state index in [0.29, 0.717) is 19.7 Å². The summed E-state index contributed by atoms with van der Waals surface area (Å²) in [4.78, 5) is 18.8. The highest BCUT2D eigenvalue weighted by molar-refractivity contribution is 7.09. The smallest absolute Gasteiger partial charge is 0.318 e. The Morgan fingerprint density at radius 3 is 2.96 bits per heavy atom. The molecule has 0 unspecified atom stereocenters. The minimum Gasteiger partial charge on any atom is -0.374 e. The number of benzene rings is 1. The van der Waals surface area contributed by atoms with Crippen LogP contribution in [-0.4, -0.2) is 41.7 Å². The Balaban J connectivity index is 1.55. The first kappa shape index (κ1) is 16.9. The van der Waals surface area contributed by atoms with Crippen LogP contribution in [0.4, 0.5) is 4.79 Å². The maximum absolute atomic E-state index is 12.5. The number of nitrogens with zero attached hydrogens (tertiary/aromatic N) is 2. The zero-order valence-corrected chi connectivity index (χ0v) is 14.9. The van der Waals surface area contributed by atoms with Crippen molar-refractivity contribution in [1.82, 2.24) is 15.2 Å². The molecule has 6 heteroatoms. The number of amides is 2. The number of nitrogens with one attached hydrogen (secondary N) is 1. The number of carbonyl (C=O) groups excluding carboxylic acids is 1. The van der Waals surface area contributed by atoms with Gasteiger partial charge in [0.05, 0.1) is 18.8 Å². The highest BCUT2D eigenvalue weighted by atomic mass is 32.1. The number of hydrogen-bond acceptors (Lipinski definition) is 4. The Labute approximate surface area is 146 Å². The molecule has 128 valence electrons. The van der Waals surface area contributed by atoms with Crippen molar-refractivity contribution in [3.63, 3.8) is 0 Å². The highest BCUT2D eigenvalue weighted by Gasteiger charge is 2.25. The van der Waals surface area contributed by atoms with Gasteiger partial charge in [-0.2, -0.15) is 0 Å². The number of hydrogen-bond donors (Lipinski definition) is 1. The van der Waals surface area contributed by atoms with E-state index in [9.17, 15) is 4.79 Å². The van der Waals surface area contributed by atoms with Gasteiger partial charge in [-0.1, -0.05) is 30.3 Å². The summed E-state index contributed by atoms with van der Waals surface area (Å²) in [6.07, 6.45) is 0.871. The minimum atomic E-state index is -0.0772. The molecule has 1 N–H and O–H groups in total. The average molecular weight is 345 g/mol. The van der Waals surface area contributed by atoms with Gasteiger partial charge in [0.2, 0.25) is 0 Å². The Morgan fingerprint density at radius 1 is 1.46 bits per heavy atom. The molecule has 2 atom stereocenters. The van der Waals surface area contributed by atoms with Gasteiger partial charge in [-0.3, -0.25) is 0 Å². The third kappa shape index (κ3) is 4.33. The van der Waals surface area contributed by atoms with Crippen LogP contribution in [0.15, 0.2) is 35.7 Å². The number of carbonyl (C=O) groups is 1. The lowest BCUT2D eigenvalue weighted by Gasteiger charge is -2.33. The molecule has 1 saturated heterocycles. The van der Waals surface area contributed by atoms with E-state index in [-0.39, 0.29) is 18.2 Å². The second-order valence-corrected chi connectivity index (χ2v) is 7.02. The van der Waals surface area contributed by atoms with Crippen molar-refractivity contribution < 1.29 is 9.53 Å². The Bertz CT molecular complexity index is 674. The van der Waals surface area contributed by atoms with E-state index in [4.69, 9.17) is 4.74 Å². The minimum absolute atomic E-state index is 0.0447. The van der Waals surface area contributed by atoms with Crippen LogP contribution in [0.1, 0.15) is 29.2 Å². The van der Waals surface area contributed by atoms with Crippen molar-refractivity contribution in [2.45, 2.75) is 32.4 Å². The van der Waals surface area contributed by atoms with Crippen molar-refractivity contribution in [3.8, 4) is 0 Å². The number of ether oxygens (including phenoxy) is 1. The molecule has 2 heterocycles. The quantitative estimate of drug-likeness (QED) is 0.926. The van der Waals surface area contributed by atoms with Crippen molar-refractivity contribution >= 4 is 17.4 Å². The molecular weight excluding hydrogens is 322 g/mol. The van der Waals surface area contributed by atoms with E-state index in [1.807, 2.05) is 42.3 Å². The van der Waals surface area contributed by atoms with E-state index in [1.54, 1.807) is 11.3 Å². The number of rotatable bonds is 4. The fourth-order valence-electron chi connectivity index (χ4n) is 2.81. The molecule has 0 aliphatic carbocycles. The second-order valence-electron chi connectivity index (χ2n) is 6.13. The topological polar surface area (TPSA) is 54.5 Å². The lowest BCUT2D eigenvalue weighted by Crippen LogP contribution is -2.50. The number of aryl methyl sites for hydroxylation is 1. The first-order chi connectivity index (χ1) is 11.6. The predicted molar refractivity (Wildman–Crippen MR) is 95.3 cm³/mol. The summed E-state index contributed by atoms with van der Waals surface area (Å²) in [5.41, 5.74) is 2.22. The molecule has 5 nitrogen and oxygen atoms in total. The fourth-order valence-corrected chi connectivity index (χ4v) is 3.62. The lowest BCUT2D eigenvalue weighted by atomic mass is 10.1. The van der Waals surface area contributed by atoms with E-state index in [2.05, 4.69) is 22.4 Å². The van der Waals surface area contributed by atoms with E-state index in [0.717, 1.165) is 17.1 Å². The Kier molecular flexibility index (Phi) is 5.48. The molecule has 0 saturated carbocycles. The summed E-state index contributed by atoms with van der Waals surface area (Å²) in [5.74, 6) is 0. The molecule has 0 radical (unpaired) electrons. The largest absolute Gasteiger partial charge is 0.374 e. The van der Waals surface area contributed by atoms with Crippen LogP contribution in [0.25, 0.3) is 0 Å². The molecule has 1 aliphatic rings. The van der Waals surface area contributed by atoms with Gasteiger partial charge in [-0.05, 0) is 19.4 Å². The zero-order chi connectivity index (χ0) is 16.9. The van der Waals surface area contributed by atoms with Crippen LogP contribution in [0.2, 0.25) is 0 Å². The zero-order valence-electron chi connectivity index (χ0n) is 14.1. The van der Waals surface area contributed by atoms with E-state index >= 15 is 0 Å². The summed E-state index contributed by atoms with van der Waals surface area (Å²) in [7, 11) is 0. The summed E-state index contributed by atoms with van der Waals surface area (Å²) < 4.78 is 5.82. The molecular formula is C18H23N3O2S. The number of thiazole rings is 1. The third-order valence-electron chi connectivity index (χ3n) is 4.08. The van der Waals surface area contributed by atoms with Crippen LogP contribution in [0, 0.1) is 6.92 Å². The summed E-state index contributed by atoms with van der Waals surface area (Å²) >= 11 is 1.58. The normalized spacial score (nSPS) is 19.1. The molecule has 1 aliphatic heterocycles. The number of morpholine rings is 1. The number of aromatic nitrogens is 1. The van der Waals surface area contributed by atoms with Gasteiger partial charge in [0.1, 0.15) is 5.01 Å². The van der Waals surface area contributed by atoms with Crippen LogP contribution >= 0.6 is 11.3 Å². The van der Waals surface area contributed by atoms with Crippen molar-refractivity contribution in [2.24, 2.45) is 0 Å². The lowest BCUT2D eigenvalue weighted by molar-refractivity contribution is -0.0135. The molecule has 0 bridgehead atoms. The Hall–Kier alpha value is -1.92. The first-order valence-electron chi connectivity index (χ1n) is 8.25. The summed E-state index contributed by atoms with van der Waals surface area (Å²) in [5, 5.41) is 5.99. The Morgan fingerprint density at radius 2 is 2.25 bits per heavy atom. The highest BCUT2D eigenvalue weighted by Crippen LogP contribution is 2.18. The SMILES string of the molecule is Cc1csc([C@H](C)NC(=O)N2CCO[C@@H](Cc3ccccc3)C2)n1. The average Bonchev–Trinajstić information content (AvgIpc) is 3.03. The molecule has 3 rings (SSSR count). The van der Waals surface area contributed by atoms with Crippen LogP contribution in [0.3, 0.4) is 0 Å². The van der Waals surface area contributed by atoms with Gasteiger partial charge in [-0.25, -0.2) is 9.78 Å². The first-order valence-corrected chi connectivity index (χ1v) is 9.13. The maximum Gasteiger partial charge on any atom is 0.318 e. The van der Waals surface area contributed by atoms with Gasteiger partial charge < -0.3 is 15.0 Å². The molecule has 24 heavy (non-hydrogen) atoms. The van der Waals surface area contributed by atoms with E-state index in [1.165, 1.54) is 5.56 Å². The molecule has 2 aromatic rings. The summed E-state index contributed by atoms with van der Waals surface area (Å²) in [6, 6.07) is 10.1. The van der Waals surface area contributed by atoms with Crippen LogP contribution < -0.4 is 5.32 Å². The van der Waals surface area contributed by atoms with Gasteiger partial charge in [-0.15, -0.1) is 11.3 Å². The third-order valence-corrected chi connectivity index (χ3v) is 5.22. The van der Waals surface area contributed by atoms with Crippen molar-refractivity contribution in [3.05, 3.63) is 52.0 Å². The molecule has 0 spiro atoms. The molecule has 1 aromatic carbocycles. The maximum atomic E-state index is 12.5. The monoisotopic (exact) mass is 345 g/mol. The predicted octanol–water partition coefficient (Wildman–Crippen LogP) is 3.17. The molecule has 1 aromatic heterocycles.